The van der Waals surface area contributed by atoms with Gasteiger partial charge in [-0.15, -0.1) is 0 Å². The molecule has 0 aliphatic carbocycles. The van der Waals surface area contributed by atoms with Crippen molar-refractivity contribution in [3.05, 3.63) is 52.8 Å². The van der Waals surface area contributed by atoms with E-state index >= 15 is 0 Å². The van der Waals surface area contributed by atoms with Crippen LogP contribution >= 0.6 is 0 Å². The standard InChI is InChI=1S/C16H23N3/c1-5-16-15(11-19(4)18-16)10-17-13(3)14-8-6-7-12(2)9-14/h6-9,11,13,17H,5,10H2,1-4H3/t13-/m1/s1. The van der Waals surface area contributed by atoms with Gasteiger partial charge in [0.05, 0.1) is 5.69 Å². The minimum absolute atomic E-state index is 0.352. The van der Waals surface area contributed by atoms with Gasteiger partial charge in [0.25, 0.3) is 0 Å². The van der Waals surface area contributed by atoms with E-state index in [0.29, 0.717) is 6.04 Å². The molecule has 0 radical (unpaired) electrons. The zero-order valence-corrected chi connectivity index (χ0v) is 12.3. The van der Waals surface area contributed by atoms with E-state index in [9.17, 15) is 0 Å². The van der Waals surface area contributed by atoms with E-state index in [1.807, 2.05) is 11.7 Å². The van der Waals surface area contributed by atoms with E-state index in [1.165, 1.54) is 22.4 Å². The number of aromatic nitrogens is 2. The highest BCUT2D eigenvalue weighted by molar-refractivity contribution is 5.25. The van der Waals surface area contributed by atoms with E-state index in [0.717, 1.165) is 13.0 Å². The second-order valence-corrected chi connectivity index (χ2v) is 5.14. The third-order valence-electron chi connectivity index (χ3n) is 3.47. The molecule has 1 atom stereocenters. The molecule has 2 aromatic rings. The Bertz CT molecular complexity index is 543. The maximum atomic E-state index is 4.47. The minimum Gasteiger partial charge on any atom is -0.306 e. The van der Waals surface area contributed by atoms with E-state index < -0.39 is 0 Å². The van der Waals surface area contributed by atoms with Gasteiger partial charge in [0.1, 0.15) is 0 Å². The Balaban J connectivity index is 2.02. The van der Waals surface area contributed by atoms with Crippen LogP contribution in [-0.2, 0) is 20.0 Å². The number of hydrogen-bond donors (Lipinski definition) is 1. The molecule has 0 aliphatic heterocycles. The molecule has 1 heterocycles. The number of nitrogens with zero attached hydrogens (tertiary/aromatic N) is 2. The second kappa shape index (κ2) is 6.02. The third kappa shape index (κ3) is 3.44. The van der Waals surface area contributed by atoms with Crippen LogP contribution in [0.25, 0.3) is 0 Å². The van der Waals surface area contributed by atoms with Gasteiger partial charge in [-0.3, -0.25) is 4.68 Å². The first kappa shape index (κ1) is 13.8. The quantitative estimate of drug-likeness (QED) is 0.891. The number of aryl methyl sites for hydroxylation is 3. The number of nitrogens with one attached hydrogen (secondary N) is 1. The summed E-state index contributed by atoms with van der Waals surface area (Å²) in [4.78, 5) is 0. The van der Waals surface area contributed by atoms with Gasteiger partial charge in [0.15, 0.2) is 0 Å². The van der Waals surface area contributed by atoms with Gasteiger partial charge in [-0.1, -0.05) is 36.8 Å². The van der Waals surface area contributed by atoms with Crippen molar-refractivity contribution < 1.29 is 0 Å². The number of benzene rings is 1. The summed E-state index contributed by atoms with van der Waals surface area (Å²) in [5.74, 6) is 0. The van der Waals surface area contributed by atoms with Crippen molar-refractivity contribution in [2.24, 2.45) is 7.05 Å². The van der Waals surface area contributed by atoms with Crippen LogP contribution in [0.4, 0.5) is 0 Å². The van der Waals surface area contributed by atoms with Crippen LogP contribution in [-0.4, -0.2) is 9.78 Å². The van der Waals surface area contributed by atoms with Gasteiger partial charge >= 0.3 is 0 Å². The van der Waals surface area contributed by atoms with Crippen LogP contribution in [0.15, 0.2) is 30.5 Å². The average molecular weight is 257 g/mol. The zero-order chi connectivity index (χ0) is 13.8. The molecular weight excluding hydrogens is 234 g/mol. The maximum absolute atomic E-state index is 4.47. The fourth-order valence-corrected chi connectivity index (χ4v) is 2.35. The average Bonchev–Trinajstić information content (AvgIpc) is 2.76. The Hall–Kier alpha value is -1.61. The monoisotopic (exact) mass is 257 g/mol. The molecule has 0 unspecified atom stereocenters. The predicted molar refractivity (Wildman–Crippen MR) is 79.0 cm³/mol. The summed E-state index contributed by atoms with van der Waals surface area (Å²) in [5, 5.41) is 8.05. The Morgan fingerprint density at radius 2 is 2.16 bits per heavy atom. The molecule has 3 heteroatoms. The van der Waals surface area contributed by atoms with Crippen molar-refractivity contribution in [3.8, 4) is 0 Å². The number of hydrogen-bond acceptors (Lipinski definition) is 2. The summed E-state index contributed by atoms with van der Waals surface area (Å²) in [7, 11) is 1.98. The van der Waals surface area contributed by atoms with E-state index in [2.05, 4.69) is 61.6 Å². The van der Waals surface area contributed by atoms with Crippen molar-refractivity contribution in [1.82, 2.24) is 15.1 Å². The molecule has 2 rings (SSSR count). The fraction of sp³-hybridized carbons (Fsp3) is 0.438. The Labute approximate surface area is 115 Å². The first-order valence-electron chi connectivity index (χ1n) is 6.91. The summed E-state index contributed by atoms with van der Waals surface area (Å²) in [6.45, 7) is 7.35. The molecule has 1 aromatic carbocycles. The van der Waals surface area contributed by atoms with E-state index in [4.69, 9.17) is 0 Å². The molecule has 0 saturated carbocycles. The lowest BCUT2D eigenvalue weighted by molar-refractivity contribution is 0.572. The SMILES string of the molecule is CCc1nn(C)cc1CN[C@H](C)c1cccc(C)c1. The van der Waals surface area contributed by atoms with Crippen molar-refractivity contribution >= 4 is 0 Å². The Morgan fingerprint density at radius 3 is 2.84 bits per heavy atom. The molecule has 0 saturated heterocycles. The normalized spacial score (nSPS) is 12.6. The van der Waals surface area contributed by atoms with Crippen LogP contribution in [0, 0.1) is 6.92 Å². The van der Waals surface area contributed by atoms with Gasteiger partial charge in [-0.05, 0) is 25.8 Å². The molecule has 0 amide bonds. The molecule has 0 fully saturated rings. The lowest BCUT2D eigenvalue weighted by atomic mass is 10.1. The molecule has 1 N–H and O–H groups in total. The fourth-order valence-electron chi connectivity index (χ4n) is 2.35. The van der Waals surface area contributed by atoms with Crippen LogP contribution < -0.4 is 5.32 Å². The zero-order valence-electron chi connectivity index (χ0n) is 12.3. The topological polar surface area (TPSA) is 29.9 Å². The third-order valence-corrected chi connectivity index (χ3v) is 3.47. The van der Waals surface area contributed by atoms with Gasteiger partial charge in [-0.25, -0.2) is 0 Å². The smallest absolute Gasteiger partial charge is 0.0666 e. The van der Waals surface area contributed by atoms with E-state index in [-0.39, 0.29) is 0 Å². The summed E-state index contributed by atoms with van der Waals surface area (Å²) < 4.78 is 1.90. The van der Waals surface area contributed by atoms with Crippen molar-refractivity contribution in [2.75, 3.05) is 0 Å². The van der Waals surface area contributed by atoms with Crippen molar-refractivity contribution in [3.63, 3.8) is 0 Å². The molecule has 0 aliphatic rings. The number of rotatable bonds is 5. The highest BCUT2D eigenvalue weighted by atomic mass is 15.3. The summed E-state index contributed by atoms with van der Waals surface area (Å²) in [5.41, 5.74) is 5.12. The summed E-state index contributed by atoms with van der Waals surface area (Å²) in [6, 6.07) is 9.01. The molecule has 19 heavy (non-hydrogen) atoms. The van der Waals surface area contributed by atoms with Crippen molar-refractivity contribution in [1.29, 1.82) is 0 Å². The summed E-state index contributed by atoms with van der Waals surface area (Å²) in [6.07, 6.45) is 3.09. The lowest BCUT2D eigenvalue weighted by Gasteiger charge is -2.14. The van der Waals surface area contributed by atoms with Crippen LogP contribution in [0.1, 0.15) is 42.3 Å². The molecule has 3 nitrogen and oxygen atoms in total. The first-order valence-corrected chi connectivity index (χ1v) is 6.91. The van der Waals surface area contributed by atoms with Gasteiger partial charge in [-0.2, -0.15) is 5.10 Å². The van der Waals surface area contributed by atoms with Gasteiger partial charge < -0.3 is 5.32 Å². The largest absolute Gasteiger partial charge is 0.306 e. The molecule has 102 valence electrons. The second-order valence-electron chi connectivity index (χ2n) is 5.14. The van der Waals surface area contributed by atoms with E-state index in [1.54, 1.807) is 0 Å². The Morgan fingerprint density at radius 1 is 1.37 bits per heavy atom. The summed E-state index contributed by atoms with van der Waals surface area (Å²) >= 11 is 0. The Kier molecular flexibility index (Phi) is 4.38. The van der Waals surface area contributed by atoms with Crippen LogP contribution in [0.3, 0.4) is 0 Å². The first-order chi connectivity index (χ1) is 9.10. The molecule has 0 bridgehead atoms. The molecule has 1 aromatic heterocycles. The van der Waals surface area contributed by atoms with Crippen LogP contribution in [0.5, 0.6) is 0 Å². The highest BCUT2D eigenvalue weighted by Crippen LogP contribution is 2.15. The highest BCUT2D eigenvalue weighted by Gasteiger charge is 2.09. The molecular formula is C16H23N3. The minimum atomic E-state index is 0.352. The maximum Gasteiger partial charge on any atom is 0.0666 e. The van der Waals surface area contributed by atoms with Crippen LogP contribution in [0.2, 0.25) is 0 Å². The van der Waals surface area contributed by atoms with Gasteiger partial charge in [0.2, 0.25) is 0 Å². The van der Waals surface area contributed by atoms with Gasteiger partial charge in [0, 0.05) is 31.4 Å². The molecule has 0 spiro atoms. The van der Waals surface area contributed by atoms with Crippen molar-refractivity contribution in [2.45, 2.75) is 39.8 Å². The lowest BCUT2D eigenvalue weighted by Crippen LogP contribution is -2.18. The predicted octanol–water partition coefficient (Wildman–Crippen LogP) is 3.14.